The van der Waals surface area contributed by atoms with E-state index in [2.05, 4.69) is 10.3 Å². The molecule has 3 rings (SSSR count). The van der Waals surface area contributed by atoms with Gasteiger partial charge >= 0.3 is 0 Å². The summed E-state index contributed by atoms with van der Waals surface area (Å²) in [7, 11) is 0. The van der Waals surface area contributed by atoms with Gasteiger partial charge in [-0.1, -0.05) is 12.1 Å². The molecule has 0 spiro atoms. The van der Waals surface area contributed by atoms with Crippen LogP contribution in [0.15, 0.2) is 65.0 Å². The summed E-state index contributed by atoms with van der Waals surface area (Å²) in [4.78, 5) is 16.4. The molecule has 0 saturated carbocycles. The Labute approximate surface area is 145 Å². The highest BCUT2D eigenvalue weighted by Gasteiger charge is 2.10. The van der Waals surface area contributed by atoms with E-state index in [4.69, 9.17) is 9.68 Å². The fourth-order valence-corrected chi connectivity index (χ4v) is 2.32. The Morgan fingerprint density at radius 1 is 1.36 bits per heavy atom. The fourth-order valence-electron chi connectivity index (χ4n) is 2.32. The van der Waals surface area contributed by atoms with Gasteiger partial charge in [0.2, 0.25) is 0 Å². The van der Waals surface area contributed by atoms with E-state index in [0.717, 1.165) is 11.4 Å². The Kier molecular flexibility index (Phi) is 4.77. The molecule has 0 unspecified atom stereocenters. The van der Waals surface area contributed by atoms with Crippen LogP contribution in [0.3, 0.4) is 0 Å². The van der Waals surface area contributed by atoms with Crippen LogP contribution in [0.5, 0.6) is 0 Å². The van der Waals surface area contributed by atoms with Crippen LogP contribution in [-0.4, -0.2) is 15.5 Å². The smallest absolute Gasteiger partial charge is 0.266 e. The van der Waals surface area contributed by atoms with E-state index < -0.39 is 5.91 Å². The second-order valence-corrected chi connectivity index (χ2v) is 5.44. The number of hydrogen-bond donors (Lipinski definition) is 1. The molecular weight excluding hydrogens is 316 g/mol. The number of amides is 1. The first-order valence-electron chi connectivity index (χ1n) is 7.69. The number of nitrogens with one attached hydrogen (secondary N) is 1. The number of nitrogens with zero attached hydrogens (tertiary/aromatic N) is 3. The molecule has 0 bridgehead atoms. The molecule has 6 heteroatoms. The molecule has 0 radical (unpaired) electrons. The number of nitriles is 1. The van der Waals surface area contributed by atoms with E-state index in [0.29, 0.717) is 18.0 Å². The normalized spacial score (nSPS) is 11.1. The topological polar surface area (TPSA) is 83.9 Å². The third-order valence-electron chi connectivity index (χ3n) is 3.68. The second-order valence-electron chi connectivity index (χ2n) is 5.44. The van der Waals surface area contributed by atoms with Crippen molar-refractivity contribution in [1.29, 1.82) is 5.26 Å². The first-order valence-corrected chi connectivity index (χ1v) is 7.69. The van der Waals surface area contributed by atoms with Crippen molar-refractivity contribution in [2.24, 2.45) is 0 Å². The highest BCUT2D eigenvalue weighted by atomic mass is 16.3. The average molecular weight is 332 g/mol. The Bertz CT molecular complexity index is 929. The monoisotopic (exact) mass is 332 g/mol. The van der Waals surface area contributed by atoms with Crippen LogP contribution in [0.4, 0.5) is 5.69 Å². The second kappa shape index (κ2) is 7.32. The summed E-state index contributed by atoms with van der Waals surface area (Å²) in [5.41, 5.74) is 1.69. The predicted molar refractivity (Wildman–Crippen MR) is 93.4 cm³/mol. The first-order chi connectivity index (χ1) is 12.2. The lowest BCUT2D eigenvalue weighted by atomic mass is 10.2. The van der Waals surface area contributed by atoms with Crippen LogP contribution in [0.1, 0.15) is 17.1 Å². The van der Waals surface area contributed by atoms with Gasteiger partial charge in [0.1, 0.15) is 23.2 Å². The highest BCUT2D eigenvalue weighted by Crippen LogP contribution is 2.14. The minimum atomic E-state index is -0.475. The maximum absolute atomic E-state index is 12.2. The molecular formula is C19H16N4O2. The molecule has 0 saturated heterocycles. The number of hydrogen-bond acceptors (Lipinski definition) is 4. The molecule has 25 heavy (non-hydrogen) atoms. The summed E-state index contributed by atoms with van der Waals surface area (Å²) in [6, 6.07) is 12.7. The molecule has 6 nitrogen and oxygen atoms in total. The molecule has 2 aromatic heterocycles. The van der Waals surface area contributed by atoms with Crippen LogP contribution in [0.2, 0.25) is 0 Å². The first kappa shape index (κ1) is 16.3. The number of benzene rings is 1. The molecule has 0 aliphatic carbocycles. The largest absolute Gasteiger partial charge is 0.465 e. The van der Waals surface area contributed by atoms with Gasteiger partial charge in [-0.2, -0.15) is 5.26 Å². The number of imidazole rings is 1. The van der Waals surface area contributed by atoms with Gasteiger partial charge in [-0.05, 0) is 36.8 Å². The van der Waals surface area contributed by atoms with E-state index in [1.165, 1.54) is 12.3 Å². The SMILES string of the molecule is Cc1nccn1Cc1ccc(NC(=O)C(C#N)=Cc2ccco2)cc1. The summed E-state index contributed by atoms with van der Waals surface area (Å²) in [6.07, 6.45) is 6.58. The maximum Gasteiger partial charge on any atom is 0.266 e. The number of furan rings is 1. The lowest BCUT2D eigenvalue weighted by Gasteiger charge is -2.08. The van der Waals surface area contributed by atoms with Gasteiger partial charge in [-0.25, -0.2) is 4.98 Å². The van der Waals surface area contributed by atoms with Crippen LogP contribution in [0.25, 0.3) is 6.08 Å². The van der Waals surface area contributed by atoms with Gasteiger partial charge in [0.05, 0.1) is 6.26 Å². The summed E-state index contributed by atoms with van der Waals surface area (Å²) in [5, 5.41) is 11.9. The van der Waals surface area contributed by atoms with Crippen molar-refractivity contribution in [3.8, 4) is 6.07 Å². The lowest BCUT2D eigenvalue weighted by molar-refractivity contribution is -0.112. The van der Waals surface area contributed by atoms with Crippen molar-refractivity contribution in [1.82, 2.24) is 9.55 Å². The van der Waals surface area contributed by atoms with Crippen LogP contribution in [0, 0.1) is 18.3 Å². The molecule has 3 aromatic rings. The number of aryl methyl sites for hydroxylation is 1. The number of carbonyl (C=O) groups is 1. The van der Waals surface area contributed by atoms with Crippen molar-refractivity contribution in [3.05, 3.63) is 77.8 Å². The number of rotatable bonds is 5. The predicted octanol–water partition coefficient (Wildman–Crippen LogP) is 3.38. The average Bonchev–Trinajstić information content (AvgIpc) is 3.26. The molecule has 0 aliphatic rings. The Balaban J connectivity index is 1.67. The molecule has 0 fully saturated rings. The summed E-state index contributed by atoms with van der Waals surface area (Å²) < 4.78 is 7.16. The van der Waals surface area contributed by atoms with E-state index in [1.807, 2.05) is 35.9 Å². The lowest BCUT2D eigenvalue weighted by Crippen LogP contribution is -2.13. The Morgan fingerprint density at radius 3 is 2.76 bits per heavy atom. The minimum Gasteiger partial charge on any atom is -0.465 e. The minimum absolute atomic E-state index is 0.0203. The number of aromatic nitrogens is 2. The van der Waals surface area contributed by atoms with Crippen LogP contribution < -0.4 is 5.32 Å². The fraction of sp³-hybridized carbons (Fsp3) is 0.105. The maximum atomic E-state index is 12.2. The third-order valence-corrected chi connectivity index (χ3v) is 3.68. The van der Waals surface area contributed by atoms with E-state index in [-0.39, 0.29) is 5.57 Å². The number of anilines is 1. The van der Waals surface area contributed by atoms with Crippen molar-refractivity contribution in [2.75, 3.05) is 5.32 Å². The molecule has 1 aromatic carbocycles. The number of carbonyl (C=O) groups excluding carboxylic acids is 1. The molecule has 1 amide bonds. The van der Waals surface area contributed by atoms with Crippen molar-refractivity contribution < 1.29 is 9.21 Å². The summed E-state index contributed by atoms with van der Waals surface area (Å²) in [5.74, 6) is 0.925. The quantitative estimate of drug-likeness (QED) is 0.573. The van der Waals surface area contributed by atoms with E-state index in [9.17, 15) is 4.79 Å². The molecule has 0 aliphatic heterocycles. The van der Waals surface area contributed by atoms with Crippen LogP contribution in [-0.2, 0) is 11.3 Å². The van der Waals surface area contributed by atoms with Gasteiger partial charge in [-0.15, -0.1) is 0 Å². The van der Waals surface area contributed by atoms with Gasteiger partial charge in [0, 0.05) is 30.7 Å². The Hall–Kier alpha value is -3.59. The summed E-state index contributed by atoms with van der Waals surface area (Å²) in [6.45, 7) is 2.66. The van der Waals surface area contributed by atoms with Crippen molar-refractivity contribution in [3.63, 3.8) is 0 Å². The zero-order chi connectivity index (χ0) is 17.6. The van der Waals surface area contributed by atoms with Gasteiger partial charge in [0.25, 0.3) is 5.91 Å². The van der Waals surface area contributed by atoms with Gasteiger partial charge < -0.3 is 14.3 Å². The molecule has 1 N–H and O–H groups in total. The van der Waals surface area contributed by atoms with Crippen molar-refractivity contribution >= 4 is 17.7 Å². The van der Waals surface area contributed by atoms with Crippen molar-refractivity contribution in [2.45, 2.75) is 13.5 Å². The zero-order valence-corrected chi connectivity index (χ0v) is 13.6. The molecule has 0 atom stereocenters. The van der Waals surface area contributed by atoms with Crippen LogP contribution >= 0.6 is 0 Å². The van der Waals surface area contributed by atoms with Gasteiger partial charge in [-0.3, -0.25) is 4.79 Å². The Morgan fingerprint density at radius 2 is 2.16 bits per heavy atom. The summed E-state index contributed by atoms with van der Waals surface area (Å²) >= 11 is 0. The van der Waals surface area contributed by atoms with E-state index in [1.54, 1.807) is 30.5 Å². The molecule has 2 heterocycles. The van der Waals surface area contributed by atoms with Gasteiger partial charge in [0.15, 0.2) is 0 Å². The van der Waals surface area contributed by atoms with E-state index >= 15 is 0 Å². The zero-order valence-electron chi connectivity index (χ0n) is 13.6. The standard InChI is InChI=1S/C19H16N4O2/c1-14-21-8-9-23(14)13-15-4-6-17(7-5-15)22-19(24)16(12-20)11-18-3-2-10-25-18/h2-11H,13H2,1H3,(H,22,24). The molecule has 124 valence electrons. The third kappa shape index (κ3) is 4.03. The highest BCUT2D eigenvalue weighted by molar-refractivity contribution is 6.09.